The zero-order valence-corrected chi connectivity index (χ0v) is 12.6. The maximum Gasteiger partial charge on any atom is 0.176 e. The van der Waals surface area contributed by atoms with Gasteiger partial charge in [-0.3, -0.25) is 14.5 Å². The third-order valence-electron chi connectivity index (χ3n) is 4.30. The molecule has 3 nitrogen and oxygen atoms in total. The van der Waals surface area contributed by atoms with Gasteiger partial charge in [0, 0.05) is 31.0 Å². The van der Waals surface area contributed by atoms with E-state index in [0.29, 0.717) is 25.3 Å². The lowest BCUT2D eigenvalue weighted by molar-refractivity contribution is -0.126. The molecule has 3 heteroatoms. The van der Waals surface area contributed by atoms with Crippen molar-refractivity contribution < 1.29 is 9.59 Å². The third-order valence-corrected chi connectivity index (χ3v) is 4.30. The number of carbonyl (C=O) groups is 2. The second-order valence-electron chi connectivity index (χ2n) is 5.78. The molecule has 1 atom stereocenters. The van der Waals surface area contributed by atoms with Crippen LogP contribution in [0.1, 0.15) is 41.3 Å². The molecule has 2 rings (SSSR count). The molecule has 0 aromatic heterocycles. The minimum absolute atomic E-state index is 0.108. The Balaban J connectivity index is 2.00. The van der Waals surface area contributed by atoms with Crippen molar-refractivity contribution in [2.45, 2.75) is 33.6 Å². The minimum Gasteiger partial charge on any atom is -0.299 e. The van der Waals surface area contributed by atoms with Gasteiger partial charge >= 0.3 is 0 Å². The van der Waals surface area contributed by atoms with Crippen molar-refractivity contribution in [3.05, 3.63) is 34.9 Å². The molecule has 1 aromatic carbocycles. The SMILES string of the molecule is CCC1CN(CC(=O)c2ccc(C)c(C)c2)CCC1=O. The topological polar surface area (TPSA) is 37.4 Å². The molecule has 1 fully saturated rings. The van der Waals surface area contributed by atoms with Gasteiger partial charge in [-0.25, -0.2) is 0 Å². The number of aryl methyl sites for hydroxylation is 2. The van der Waals surface area contributed by atoms with Gasteiger partial charge in [0.05, 0.1) is 6.54 Å². The summed E-state index contributed by atoms with van der Waals surface area (Å²) >= 11 is 0. The molecule has 0 saturated carbocycles. The molecular formula is C17H23NO2. The summed E-state index contributed by atoms with van der Waals surface area (Å²) in [5.74, 6) is 0.607. The van der Waals surface area contributed by atoms with Crippen molar-refractivity contribution in [3.63, 3.8) is 0 Å². The number of rotatable bonds is 4. The smallest absolute Gasteiger partial charge is 0.176 e. The summed E-state index contributed by atoms with van der Waals surface area (Å²) in [5.41, 5.74) is 3.13. The lowest BCUT2D eigenvalue weighted by Crippen LogP contribution is -2.42. The molecule has 1 aliphatic rings. The van der Waals surface area contributed by atoms with Crippen LogP contribution in [0, 0.1) is 19.8 Å². The summed E-state index contributed by atoms with van der Waals surface area (Å²) in [5, 5.41) is 0. The van der Waals surface area contributed by atoms with E-state index in [9.17, 15) is 9.59 Å². The predicted octanol–water partition coefficient (Wildman–Crippen LogP) is 2.79. The Morgan fingerprint density at radius 2 is 2.05 bits per heavy atom. The van der Waals surface area contributed by atoms with Crippen molar-refractivity contribution in [1.82, 2.24) is 4.90 Å². The summed E-state index contributed by atoms with van der Waals surface area (Å²) in [7, 11) is 0. The van der Waals surface area contributed by atoms with Crippen LogP contribution < -0.4 is 0 Å². The van der Waals surface area contributed by atoms with Crippen LogP contribution in [0.2, 0.25) is 0 Å². The van der Waals surface area contributed by atoms with Crippen LogP contribution in [0.15, 0.2) is 18.2 Å². The number of carbonyl (C=O) groups excluding carboxylic acids is 2. The average Bonchev–Trinajstić information content (AvgIpc) is 2.43. The Bertz CT molecular complexity index is 522. The number of ketones is 2. The first-order chi connectivity index (χ1) is 9.51. The van der Waals surface area contributed by atoms with Crippen molar-refractivity contribution in [2.75, 3.05) is 19.6 Å². The molecule has 0 N–H and O–H groups in total. The van der Waals surface area contributed by atoms with Crippen molar-refractivity contribution in [2.24, 2.45) is 5.92 Å². The Kier molecular flexibility index (Phi) is 4.71. The second-order valence-corrected chi connectivity index (χ2v) is 5.78. The molecule has 108 valence electrons. The van der Waals surface area contributed by atoms with Gasteiger partial charge in [0.25, 0.3) is 0 Å². The fourth-order valence-corrected chi connectivity index (χ4v) is 2.69. The van der Waals surface area contributed by atoms with E-state index in [-0.39, 0.29) is 11.7 Å². The van der Waals surface area contributed by atoms with E-state index in [0.717, 1.165) is 24.1 Å². The molecule has 1 aliphatic heterocycles. The zero-order chi connectivity index (χ0) is 14.7. The molecule has 20 heavy (non-hydrogen) atoms. The van der Waals surface area contributed by atoms with E-state index in [1.807, 2.05) is 39.0 Å². The van der Waals surface area contributed by atoms with Crippen LogP contribution in [-0.4, -0.2) is 36.1 Å². The Morgan fingerprint density at radius 3 is 2.70 bits per heavy atom. The monoisotopic (exact) mass is 273 g/mol. The summed E-state index contributed by atoms with van der Waals surface area (Å²) in [6, 6.07) is 5.86. The number of nitrogens with zero attached hydrogens (tertiary/aromatic N) is 1. The number of benzene rings is 1. The maximum atomic E-state index is 12.3. The van der Waals surface area contributed by atoms with Gasteiger partial charge in [-0.1, -0.05) is 19.1 Å². The van der Waals surface area contributed by atoms with Gasteiger partial charge in [0.1, 0.15) is 5.78 Å². The summed E-state index contributed by atoms with van der Waals surface area (Å²) in [4.78, 5) is 26.1. The molecule has 0 amide bonds. The molecular weight excluding hydrogens is 250 g/mol. The Hall–Kier alpha value is -1.48. The largest absolute Gasteiger partial charge is 0.299 e. The van der Waals surface area contributed by atoms with Crippen LogP contribution in [-0.2, 0) is 4.79 Å². The molecule has 1 saturated heterocycles. The maximum absolute atomic E-state index is 12.3. The van der Waals surface area contributed by atoms with Crippen LogP contribution in [0.3, 0.4) is 0 Å². The summed E-state index contributed by atoms with van der Waals surface area (Å²) in [6.45, 7) is 7.98. The van der Waals surface area contributed by atoms with Gasteiger partial charge in [-0.15, -0.1) is 0 Å². The number of piperidine rings is 1. The van der Waals surface area contributed by atoms with Gasteiger partial charge in [-0.05, 0) is 37.5 Å². The van der Waals surface area contributed by atoms with E-state index < -0.39 is 0 Å². The zero-order valence-electron chi connectivity index (χ0n) is 12.6. The molecule has 1 heterocycles. The first kappa shape index (κ1) is 14.9. The lowest BCUT2D eigenvalue weighted by atomic mass is 9.93. The van der Waals surface area contributed by atoms with Crippen LogP contribution in [0.4, 0.5) is 0 Å². The van der Waals surface area contributed by atoms with Crippen LogP contribution in [0.5, 0.6) is 0 Å². The quantitative estimate of drug-likeness (QED) is 0.792. The highest BCUT2D eigenvalue weighted by atomic mass is 16.1. The first-order valence-corrected chi connectivity index (χ1v) is 7.36. The fraction of sp³-hybridized carbons (Fsp3) is 0.529. The van der Waals surface area contributed by atoms with E-state index in [2.05, 4.69) is 4.90 Å². The van der Waals surface area contributed by atoms with Crippen LogP contribution >= 0.6 is 0 Å². The summed E-state index contributed by atoms with van der Waals surface area (Å²) < 4.78 is 0. The van der Waals surface area contributed by atoms with E-state index in [1.165, 1.54) is 5.56 Å². The minimum atomic E-state index is 0.108. The lowest BCUT2D eigenvalue weighted by Gasteiger charge is -2.30. The van der Waals surface area contributed by atoms with Crippen molar-refractivity contribution >= 4 is 11.6 Å². The Labute approximate surface area is 121 Å². The van der Waals surface area contributed by atoms with Crippen molar-refractivity contribution in [3.8, 4) is 0 Å². The van der Waals surface area contributed by atoms with Gasteiger partial charge < -0.3 is 0 Å². The van der Waals surface area contributed by atoms with Crippen LogP contribution in [0.25, 0.3) is 0 Å². The third kappa shape index (κ3) is 3.34. The van der Waals surface area contributed by atoms with E-state index >= 15 is 0 Å². The highest BCUT2D eigenvalue weighted by molar-refractivity contribution is 5.98. The molecule has 1 aromatic rings. The van der Waals surface area contributed by atoms with Gasteiger partial charge in [0.2, 0.25) is 0 Å². The first-order valence-electron chi connectivity index (χ1n) is 7.36. The predicted molar refractivity (Wildman–Crippen MR) is 80.1 cm³/mol. The fourth-order valence-electron chi connectivity index (χ4n) is 2.69. The second kappa shape index (κ2) is 6.31. The summed E-state index contributed by atoms with van der Waals surface area (Å²) in [6.07, 6.45) is 1.45. The Morgan fingerprint density at radius 1 is 1.30 bits per heavy atom. The number of hydrogen-bond donors (Lipinski definition) is 0. The molecule has 0 bridgehead atoms. The molecule has 0 radical (unpaired) electrons. The van der Waals surface area contributed by atoms with Crippen molar-refractivity contribution in [1.29, 1.82) is 0 Å². The van der Waals surface area contributed by atoms with E-state index in [4.69, 9.17) is 0 Å². The highest BCUT2D eigenvalue weighted by Gasteiger charge is 2.26. The standard InChI is InChI=1S/C17H23NO2/c1-4-14-10-18(8-7-16(14)19)11-17(20)15-6-5-12(2)13(3)9-15/h5-6,9,14H,4,7-8,10-11H2,1-3H3. The van der Waals surface area contributed by atoms with Gasteiger partial charge in [0.15, 0.2) is 5.78 Å². The molecule has 1 unspecified atom stereocenters. The average molecular weight is 273 g/mol. The highest BCUT2D eigenvalue weighted by Crippen LogP contribution is 2.17. The number of Topliss-reactive ketones (excluding diaryl/α,β-unsaturated/α-hetero) is 2. The van der Waals surface area contributed by atoms with E-state index in [1.54, 1.807) is 0 Å². The number of likely N-dealkylation sites (tertiary alicyclic amines) is 1. The normalized spacial score (nSPS) is 20.1. The number of hydrogen-bond acceptors (Lipinski definition) is 3. The van der Waals surface area contributed by atoms with Gasteiger partial charge in [-0.2, -0.15) is 0 Å². The molecule has 0 spiro atoms. The molecule has 0 aliphatic carbocycles.